The fourth-order valence-corrected chi connectivity index (χ4v) is 2.92. The van der Waals surface area contributed by atoms with Crippen molar-refractivity contribution < 1.29 is 4.79 Å². The van der Waals surface area contributed by atoms with E-state index in [9.17, 15) is 4.79 Å². The Morgan fingerprint density at radius 1 is 1.42 bits per heavy atom. The molecule has 1 saturated carbocycles. The standard InChI is InChI=1S/C16H22N2O/c1-16(2)8-13(16)10-18-15(19)12-7-11-5-3-4-6-14(11)17-9-12/h3-6,12-13,17H,7-10H2,1-2H3,(H,18,19). The van der Waals surface area contributed by atoms with Crippen LogP contribution in [-0.4, -0.2) is 19.0 Å². The van der Waals surface area contributed by atoms with Crippen LogP contribution in [0.25, 0.3) is 0 Å². The zero-order valence-electron chi connectivity index (χ0n) is 11.7. The van der Waals surface area contributed by atoms with E-state index >= 15 is 0 Å². The molecule has 2 unspecified atom stereocenters. The van der Waals surface area contributed by atoms with Gasteiger partial charge in [-0.05, 0) is 35.8 Å². The van der Waals surface area contributed by atoms with Gasteiger partial charge in [0.25, 0.3) is 0 Å². The number of hydrogen-bond acceptors (Lipinski definition) is 2. The van der Waals surface area contributed by atoms with Crippen molar-refractivity contribution in [3.05, 3.63) is 29.8 Å². The van der Waals surface area contributed by atoms with Crippen LogP contribution in [0.15, 0.2) is 24.3 Å². The fraction of sp³-hybridized carbons (Fsp3) is 0.562. The second-order valence-electron chi connectivity index (χ2n) is 6.57. The van der Waals surface area contributed by atoms with Crippen LogP contribution in [0, 0.1) is 17.3 Å². The molecule has 0 bridgehead atoms. The van der Waals surface area contributed by atoms with Crippen molar-refractivity contribution in [2.75, 3.05) is 18.4 Å². The van der Waals surface area contributed by atoms with E-state index in [0.717, 1.165) is 19.5 Å². The maximum atomic E-state index is 12.2. The van der Waals surface area contributed by atoms with E-state index < -0.39 is 0 Å². The molecular formula is C16H22N2O. The summed E-state index contributed by atoms with van der Waals surface area (Å²) in [7, 11) is 0. The quantitative estimate of drug-likeness (QED) is 0.874. The third-order valence-corrected chi connectivity index (χ3v) is 4.63. The van der Waals surface area contributed by atoms with Crippen LogP contribution in [0.1, 0.15) is 25.8 Å². The van der Waals surface area contributed by atoms with Crippen LogP contribution in [0.3, 0.4) is 0 Å². The largest absolute Gasteiger partial charge is 0.384 e. The second kappa shape index (κ2) is 4.55. The lowest BCUT2D eigenvalue weighted by atomic mass is 9.93. The van der Waals surface area contributed by atoms with Crippen LogP contribution in [0.4, 0.5) is 5.69 Å². The first-order chi connectivity index (χ1) is 9.06. The summed E-state index contributed by atoms with van der Waals surface area (Å²) >= 11 is 0. The molecule has 0 radical (unpaired) electrons. The average Bonchev–Trinajstić information content (AvgIpc) is 3.03. The summed E-state index contributed by atoms with van der Waals surface area (Å²) in [6.07, 6.45) is 2.09. The number of rotatable bonds is 3. The summed E-state index contributed by atoms with van der Waals surface area (Å²) in [5.41, 5.74) is 2.86. The van der Waals surface area contributed by atoms with Gasteiger partial charge in [-0.25, -0.2) is 0 Å². The van der Waals surface area contributed by atoms with Gasteiger partial charge in [0.1, 0.15) is 0 Å². The average molecular weight is 258 g/mol. The molecule has 2 N–H and O–H groups in total. The first-order valence-electron chi connectivity index (χ1n) is 7.16. The molecule has 0 aromatic heterocycles. The molecule has 2 atom stereocenters. The van der Waals surface area contributed by atoms with E-state index in [4.69, 9.17) is 0 Å². The molecule has 1 amide bonds. The van der Waals surface area contributed by atoms with Gasteiger partial charge in [-0.3, -0.25) is 4.79 Å². The molecule has 0 saturated heterocycles. The van der Waals surface area contributed by atoms with Crippen molar-refractivity contribution in [3.8, 4) is 0 Å². The SMILES string of the molecule is CC1(C)CC1CNC(=O)C1CNc2ccccc2C1. The number of anilines is 1. The maximum absolute atomic E-state index is 12.2. The lowest BCUT2D eigenvalue weighted by molar-refractivity contribution is -0.124. The molecule has 0 spiro atoms. The highest BCUT2D eigenvalue weighted by Crippen LogP contribution is 2.51. The molecular weight excluding hydrogens is 236 g/mol. The van der Waals surface area contributed by atoms with Gasteiger partial charge in [-0.1, -0.05) is 32.0 Å². The Kier molecular flexibility index (Phi) is 3.00. The predicted molar refractivity (Wildman–Crippen MR) is 77.0 cm³/mol. The molecule has 102 valence electrons. The molecule has 1 heterocycles. The monoisotopic (exact) mass is 258 g/mol. The Balaban J connectivity index is 1.55. The summed E-state index contributed by atoms with van der Waals surface area (Å²) in [4.78, 5) is 12.2. The van der Waals surface area contributed by atoms with E-state index in [1.54, 1.807) is 0 Å². The van der Waals surface area contributed by atoms with Gasteiger partial charge in [0.15, 0.2) is 0 Å². The van der Waals surface area contributed by atoms with Gasteiger partial charge in [-0.15, -0.1) is 0 Å². The maximum Gasteiger partial charge on any atom is 0.225 e. The van der Waals surface area contributed by atoms with Gasteiger partial charge in [0.2, 0.25) is 5.91 Å². The minimum Gasteiger partial charge on any atom is -0.384 e. The molecule has 1 aliphatic heterocycles. The van der Waals surface area contributed by atoms with Gasteiger partial charge >= 0.3 is 0 Å². The van der Waals surface area contributed by atoms with E-state index in [1.165, 1.54) is 17.7 Å². The number of para-hydroxylation sites is 1. The van der Waals surface area contributed by atoms with Crippen molar-refractivity contribution in [2.24, 2.45) is 17.3 Å². The summed E-state index contributed by atoms with van der Waals surface area (Å²) in [6.45, 7) is 6.12. The number of nitrogens with one attached hydrogen (secondary N) is 2. The molecule has 1 aromatic carbocycles. The summed E-state index contributed by atoms with van der Waals surface area (Å²) in [5, 5.41) is 6.47. The highest BCUT2D eigenvalue weighted by Gasteiger charge is 2.45. The minimum absolute atomic E-state index is 0.0664. The van der Waals surface area contributed by atoms with Crippen LogP contribution in [0.5, 0.6) is 0 Å². The minimum atomic E-state index is 0.0664. The van der Waals surface area contributed by atoms with Crippen molar-refractivity contribution in [2.45, 2.75) is 26.7 Å². The van der Waals surface area contributed by atoms with E-state index in [1.807, 2.05) is 12.1 Å². The van der Waals surface area contributed by atoms with Gasteiger partial charge in [0.05, 0.1) is 5.92 Å². The Labute approximate surface area is 114 Å². The van der Waals surface area contributed by atoms with Gasteiger partial charge in [0, 0.05) is 18.8 Å². The zero-order valence-corrected chi connectivity index (χ0v) is 11.7. The number of hydrogen-bond donors (Lipinski definition) is 2. The van der Waals surface area contributed by atoms with Gasteiger partial charge < -0.3 is 10.6 Å². The topological polar surface area (TPSA) is 41.1 Å². The fourth-order valence-electron chi connectivity index (χ4n) is 2.92. The molecule has 3 nitrogen and oxygen atoms in total. The smallest absolute Gasteiger partial charge is 0.225 e. The first kappa shape index (κ1) is 12.5. The van der Waals surface area contributed by atoms with Crippen LogP contribution in [0.2, 0.25) is 0 Å². The molecule has 1 aliphatic carbocycles. The van der Waals surface area contributed by atoms with Crippen LogP contribution < -0.4 is 10.6 Å². The van der Waals surface area contributed by atoms with Crippen molar-refractivity contribution in [1.82, 2.24) is 5.32 Å². The van der Waals surface area contributed by atoms with E-state index in [0.29, 0.717) is 11.3 Å². The zero-order chi connectivity index (χ0) is 13.5. The number of fused-ring (bicyclic) bond motifs is 1. The molecule has 1 fully saturated rings. The molecule has 3 rings (SSSR count). The number of amides is 1. The second-order valence-corrected chi connectivity index (χ2v) is 6.57. The Morgan fingerprint density at radius 2 is 2.16 bits per heavy atom. The number of carbonyl (C=O) groups is 1. The lowest BCUT2D eigenvalue weighted by Crippen LogP contribution is -2.39. The van der Waals surface area contributed by atoms with Crippen LogP contribution in [-0.2, 0) is 11.2 Å². The lowest BCUT2D eigenvalue weighted by Gasteiger charge is -2.25. The van der Waals surface area contributed by atoms with Gasteiger partial charge in [-0.2, -0.15) is 0 Å². The predicted octanol–water partition coefficient (Wildman–Crippen LogP) is 2.43. The highest BCUT2D eigenvalue weighted by molar-refractivity contribution is 5.80. The Morgan fingerprint density at radius 3 is 2.89 bits per heavy atom. The van der Waals surface area contributed by atoms with E-state index in [-0.39, 0.29) is 11.8 Å². The molecule has 2 aliphatic rings. The third kappa shape index (κ3) is 2.60. The summed E-state index contributed by atoms with van der Waals surface area (Å²) < 4.78 is 0. The molecule has 3 heteroatoms. The van der Waals surface area contributed by atoms with E-state index in [2.05, 4.69) is 36.6 Å². The highest BCUT2D eigenvalue weighted by atomic mass is 16.1. The Bertz CT molecular complexity index is 495. The first-order valence-corrected chi connectivity index (χ1v) is 7.16. The van der Waals surface area contributed by atoms with Crippen molar-refractivity contribution in [3.63, 3.8) is 0 Å². The number of benzene rings is 1. The Hall–Kier alpha value is -1.51. The normalized spacial score (nSPS) is 27.1. The van der Waals surface area contributed by atoms with Crippen LogP contribution >= 0.6 is 0 Å². The van der Waals surface area contributed by atoms with Crippen molar-refractivity contribution in [1.29, 1.82) is 0 Å². The summed E-state index contributed by atoms with van der Waals surface area (Å²) in [5.74, 6) is 0.932. The third-order valence-electron chi connectivity index (χ3n) is 4.63. The summed E-state index contributed by atoms with van der Waals surface area (Å²) in [6, 6.07) is 8.25. The van der Waals surface area contributed by atoms with Crippen molar-refractivity contribution >= 4 is 11.6 Å². The molecule has 19 heavy (non-hydrogen) atoms. The molecule has 1 aromatic rings. The number of carbonyl (C=O) groups excluding carboxylic acids is 1.